The number of hydrogen-bond donors (Lipinski definition) is 2. The molecule has 2 rings (SSSR count). The van der Waals surface area contributed by atoms with Crippen molar-refractivity contribution < 1.29 is 12.9 Å². The van der Waals surface area contributed by atoms with Gasteiger partial charge in [0.2, 0.25) is 10.0 Å². The lowest BCUT2D eigenvalue weighted by Gasteiger charge is -2.39. The number of nitrogens with zero attached hydrogens (tertiary/aromatic N) is 1. The lowest BCUT2D eigenvalue weighted by atomic mass is 9.78. The highest BCUT2D eigenvalue weighted by Crippen LogP contribution is 2.30. The van der Waals surface area contributed by atoms with Crippen molar-refractivity contribution in [2.24, 2.45) is 5.41 Å². The highest BCUT2D eigenvalue weighted by atomic mass is 35.5. The molecule has 1 unspecified atom stereocenters. The van der Waals surface area contributed by atoms with Crippen molar-refractivity contribution in [1.82, 2.24) is 15.2 Å². The molecule has 0 aliphatic carbocycles. The maximum absolute atomic E-state index is 12.3. The van der Waals surface area contributed by atoms with E-state index in [4.69, 9.17) is 4.52 Å². The van der Waals surface area contributed by atoms with Gasteiger partial charge >= 0.3 is 0 Å². The second kappa shape index (κ2) is 6.64. The molecule has 1 atom stereocenters. The lowest BCUT2D eigenvalue weighted by molar-refractivity contribution is 0.181. The van der Waals surface area contributed by atoms with Crippen molar-refractivity contribution in [3.63, 3.8) is 0 Å². The molecule has 2 heterocycles. The predicted molar refractivity (Wildman–Crippen MR) is 83.2 cm³/mol. The van der Waals surface area contributed by atoms with E-state index in [0.29, 0.717) is 18.0 Å². The minimum atomic E-state index is -3.57. The van der Waals surface area contributed by atoms with E-state index in [-0.39, 0.29) is 28.8 Å². The summed E-state index contributed by atoms with van der Waals surface area (Å²) >= 11 is 0. The summed E-state index contributed by atoms with van der Waals surface area (Å²) in [6, 6.07) is 0.131. The summed E-state index contributed by atoms with van der Waals surface area (Å²) in [5, 5.41) is 7.09. The highest BCUT2D eigenvalue weighted by Gasteiger charge is 2.33. The highest BCUT2D eigenvalue weighted by molar-refractivity contribution is 7.89. The van der Waals surface area contributed by atoms with E-state index in [9.17, 15) is 8.42 Å². The van der Waals surface area contributed by atoms with Gasteiger partial charge in [0.05, 0.1) is 0 Å². The Balaban J connectivity index is 0.00000220. The number of nitrogens with one attached hydrogen (secondary N) is 2. The van der Waals surface area contributed by atoms with Crippen LogP contribution in [0.4, 0.5) is 0 Å². The van der Waals surface area contributed by atoms with Crippen LogP contribution in [0.1, 0.15) is 38.1 Å². The van der Waals surface area contributed by atoms with Crippen molar-refractivity contribution >= 4 is 22.4 Å². The number of hydrogen-bond acceptors (Lipinski definition) is 5. The molecule has 0 radical (unpaired) electrons. The second-order valence-electron chi connectivity index (χ2n) is 6.10. The Kier molecular flexibility index (Phi) is 5.83. The Bertz CT molecular complexity index is 564. The second-order valence-corrected chi connectivity index (χ2v) is 7.81. The first kappa shape index (κ1) is 18.4. The standard InChI is InChI=1S/C13H23N3O3S.ClH/c1-9-12(10(2)19-16-9)20(17,18)15-8-11-13(3,4)6-5-7-14-11;/h11,14-15H,5-8H2,1-4H3;1H. The van der Waals surface area contributed by atoms with E-state index in [1.54, 1.807) is 13.8 Å². The lowest BCUT2D eigenvalue weighted by Crippen LogP contribution is -2.52. The van der Waals surface area contributed by atoms with Crippen molar-refractivity contribution in [3.8, 4) is 0 Å². The molecule has 2 N–H and O–H groups in total. The fourth-order valence-corrected chi connectivity index (χ4v) is 4.12. The maximum Gasteiger partial charge on any atom is 0.246 e. The minimum absolute atomic E-state index is 0. The molecular formula is C13H24ClN3O3S. The van der Waals surface area contributed by atoms with Crippen LogP contribution in [0.2, 0.25) is 0 Å². The first-order valence-corrected chi connectivity index (χ1v) is 8.38. The van der Waals surface area contributed by atoms with Gasteiger partial charge in [0.25, 0.3) is 0 Å². The minimum Gasteiger partial charge on any atom is -0.360 e. The van der Waals surface area contributed by atoms with Crippen LogP contribution in [0.5, 0.6) is 0 Å². The van der Waals surface area contributed by atoms with Crippen molar-refractivity contribution in [1.29, 1.82) is 0 Å². The molecule has 0 amide bonds. The SMILES string of the molecule is Cc1noc(C)c1S(=O)(=O)NCC1NCCCC1(C)C.Cl. The smallest absolute Gasteiger partial charge is 0.246 e. The van der Waals surface area contributed by atoms with Crippen LogP contribution in [0.25, 0.3) is 0 Å². The van der Waals surface area contributed by atoms with Crippen molar-refractivity contribution in [3.05, 3.63) is 11.5 Å². The van der Waals surface area contributed by atoms with Crippen LogP contribution in [-0.4, -0.2) is 32.7 Å². The maximum atomic E-state index is 12.3. The molecule has 0 saturated carbocycles. The fraction of sp³-hybridized carbons (Fsp3) is 0.769. The third kappa shape index (κ3) is 3.97. The van der Waals surface area contributed by atoms with Gasteiger partial charge in [-0.2, -0.15) is 0 Å². The summed E-state index contributed by atoms with van der Waals surface area (Å²) in [5.41, 5.74) is 0.477. The first-order valence-electron chi connectivity index (χ1n) is 6.90. The molecule has 0 aromatic carbocycles. The van der Waals surface area contributed by atoms with E-state index >= 15 is 0 Å². The molecule has 1 saturated heterocycles. The normalized spacial score (nSPS) is 21.8. The van der Waals surface area contributed by atoms with Crippen molar-refractivity contribution in [2.45, 2.75) is 51.5 Å². The average Bonchev–Trinajstić information content (AvgIpc) is 2.67. The Morgan fingerprint density at radius 1 is 1.43 bits per heavy atom. The number of aryl methyl sites for hydroxylation is 2. The molecule has 122 valence electrons. The number of piperidine rings is 1. The Labute approximate surface area is 132 Å². The predicted octanol–water partition coefficient (Wildman–Crippen LogP) is 1.77. The molecule has 6 nitrogen and oxygen atoms in total. The van der Waals surface area contributed by atoms with Gasteiger partial charge in [-0.1, -0.05) is 19.0 Å². The van der Waals surface area contributed by atoms with E-state index in [1.807, 2.05) is 0 Å². The summed E-state index contributed by atoms with van der Waals surface area (Å²) in [6.45, 7) is 8.87. The Morgan fingerprint density at radius 2 is 2.10 bits per heavy atom. The molecule has 1 aromatic heterocycles. The molecule has 1 fully saturated rings. The summed E-state index contributed by atoms with van der Waals surface area (Å²) in [6.07, 6.45) is 2.22. The van der Waals surface area contributed by atoms with Crippen LogP contribution in [0.3, 0.4) is 0 Å². The number of sulfonamides is 1. The van der Waals surface area contributed by atoms with Crippen LogP contribution >= 0.6 is 12.4 Å². The van der Waals surface area contributed by atoms with Crippen molar-refractivity contribution in [2.75, 3.05) is 13.1 Å². The number of rotatable bonds is 4. The van der Waals surface area contributed by atoms with Crippen LogP contribution in [0.15, 0.2) is 9.42 Å². The van der Waals surface area contributed by atoms with Gasteiger partial charge in [0.1, 0.15) is 10.6 Å². The van der Waals surface area contributed by atoms with Gasteiger partial charge in [-0.25, -0.2) is 13.1 Å². The molecule has 0 spiro atoms. The largest absolute Gasteiger partial charge is 0.360 e. The van der Waals surface area contributed by atoms with Crippen LogP contribution in [-0.2, 0) is 10.0 Å². The quantitative estimate of drug-likeness (QED) is 0.874. The summed E-state index contributed by atoms with van der Waals surface area (Å²) in [5.74, 6) is 0.325. The summed E-state index contributed by atoms with van der Waals surface area (Å²) in [4.78, 5) is 0.158. The van der Waals surface area contributed by atoms with E-state index < -0.39 is 10.0 Å². The molecule has 8 heteroatoms. The molecule has 1 aliphatic rings. The average molecular weight is 338 g/mol. The summed E-state index contributed by atoms with van der Waals surface area (Å²) in [7, 11) is -3.57. The molecule has 1 aliphatic heterocycles. The number of aromatic nitrogens is 1. The third-order valence-electron chi connectivity index (χ3n) is 4.05. The van der Waals surface area contributed by atoms with E-state index in [0.717, 1.165) is 19.4 Å². The monoisotopic (exact) mass is 337 g/mol. The molecule has 21 heavy (non-hydrogen) atoms. The Hall–Kier alpha value is -0.630. The van der Waals surface area contributed by atoms with Crippen LogP contribution < -0.4 is 10.0 Å². The first-order chi connectivity index (χ1) is 9.24. The van der Waals surface area contributed by atoms with Crippen LogP contribution in [0, 0.1) is 19.3 Å². The fourth-order valence-electron chi connectivity index (χ4n) is 2.74. The van der Waals surface area contributed by atoms with Gasteiger partial charge in [0, 0.05) is 12.6 Å². The van der Waals surface area contributed by atoms with E-state index in [1.165, 1.54) is 0 Å². The Morgan fingerprint density at radius 3 is 2.62 bits per heavy atom. The van der Waals surface area contributed by atoms with Gasteiger partial charge in [-0.15, -0.1) is 12.4 Å². The summed E-state index contributed by atoms with van der Waals surface area (Å²) < 4.78 is 32.3. The number of halogens is 1. The zero-order valence-corrected chi connectivity index (χ0v) is 14.5. The van der Waals surface area contributed by atoms with Gasteiger partial charge < -0.3 is 9.84 Å². The zero-order valence-electron chi connectivity index (χ0n) is 12.9. The van der Waals surface area contributed by atoms with Gasteiger partial charge in [-0.3, -0.25) is 0 Å². The topological polar surface area (TPSA) is 84.2 Å². The molecule has 0 bridgehead atoms. The molecule has 1 aromatic rings. The molecular weight excluding hydrogens is 314 g/mol. The third-order valence-corrected chi connectivity index (χ3v) is 5.71. The van der Waals surface area contributed by atoms with E-state index in [2.05, 4.69) is 29.0 Å². The zero-order chi connectivity index (χ0) is 15.0. The van der Waals surface area contributed by atoms with Gasteiger partial charge in [0.15, 0.2) is 5.76 Å². The van der Waals surface area contributed by atoms with Gasteiger partial charge in [-0.05, 0) is 38.6 Å².